The van der Waals surface area contributed by atoms with Crippen LogP contribution in [0, 0.1) is 0 Å². The molecule has 49 heavy (non-hydrogen) atoms. The molecular weight excluding hydrogens is 637 g/mol. The molecule has 0 aliphatic carbocycles. The molecular formula is C40H76NO7P. The molecule has 0 amide bonds. The van der Waals surface area contributed by atoms with Gasteiger partial charge in [-0.05, 0) is 64.2 Å². The van der Waals surface area contributed by atoms with Crippen LogP contribution in [0.2, 0.25) is 0 Å². The first-order valence-electron chi connectivity index (χ1n) is 20.0. The van der Waals surface area contributed by atoms with Crippen LogP contribution in [0.25, 0.3) is 0 Å². The van der Waals surface area contributed by atoms with E-state index in [0.29, 0.717) is 13.0 Å². The average Bonchev–Trinajstić information content (AvgIpc) is 3.09. The van der Waals surface area contributed by atoms with Gasteiger partial charge in [0.15, 0.2) is 0 Å². The van der Waals surface area contributed by atoms with Gasteiger partial charge in [-0.15, -0.1) is 0 Å². The predicted molar refractivity (Wildman–Crippen MR) is 206 cm³/mol. The SMILES string of the molecule is CCCC/C=C\C/C=C\CCCCCCCC(=O)OC(COCCCCCCCC/C=C\CCCCCCCC)COP(=O)(O)OCCN. The van der Waals surface area contributed by atoms with E-state index in [4.69, 9.17) is 24.3 Å². The second-order valence-corrected chi connectivity index (χ2v) is 14.6. The van der Waals surface area contributed by atoms with Gasteiger partial charge in [0.2, 0.25) is 0 Å². The topological polar surface area (TPSA) is 117 Å². The molecule has 3 N–H and O–H groups in total. The Bertz CT molecular complexity index is 848. The highest BCUT2D eigenvalue weighted by Crippen LogP contribution is 2.43. The number of phosphoric acid groups is 1. The van der Waals surface area contributed by atoms with Crippen molar-refractivity contribution in [1.29, 1.82) is 0 Å². The molecule has 0 heterocycles. The van der Waals surface area contributed by atoms with Gasteiger partial charge in [-0.25, -0.2) is 4.57 Å². The summed E-state index contributed by atoms with van der Waals surface area (Å²) < 4.78 is 33.3. The van der Waals surface area contributed by atoms with E-state index in [1.807, 2.05) is 0 Å². The maximum absolute atomic E-state index is 12.5. The molecule has 288 valence electrons. The Hall–Kier alpha value is -1.28. The zero-order valence-electron chi connectivity index (χ0n) is 31.7. The quantitative estimate of drug-likeness (QED) is 0.0281. The first kappa shape index (κ1) is 47.7. The Balaban J connectivity index is 4.10. The molecule has 2 atom stereocenters. The molecule has 0 fully saturated rings. The van der Waals surface area contributed by atoms with E-state index >= 15 is 0 Å². The van der Waals surface area contributed by atoms with E-state index in [9.17, 15) is 14.3 Å². The minimum absolute atomic E-state index is 0.0965. The van der Waals surface area contributed by atoms with Crippen molar-refractivity contribution < 1.29 is 32.8 Å². The summed E-state index contributed by atoms with van der Waals surface area (Å²) in [6.07, 6.45) is 41.5. The number of unbranched alkanes of at least 4 members (excludes halogenated alkanes) is 19. The third-order valence-corrected chi connectivity index (χ3v) is 9.26. The minimum atomic E-state index is -4.28. The highest BCUT2D eigenvalue weighted by molar-refractivity contribution is 7.47. The van der Waals surface area contributed by atoms with E-state index in [1.165, 1.54) is 96.3 Å². The van der Waals surface area contributed by atoms with E-state index < -0.39 is 13.9 Å². The number of rotatable bonds is 38. The smallest absolute Gasteiger partial charge is 0.457 e. The first-order valence-corrected chi connectivity index (χ1v) is 21.5. The number of phosphoric ester groups is 1. The van der Waals surface area contributed by atoms with E-state index in [2.05, 4.69) is 50.3 Å². The summed E-state index contributed by atoms with van der Waals surface area (Å²) >= 11 is 0. The van der Waals surface area contributed by atoms with Crippen LogP contribution < -0.4 is 5.73 Å². The van der Waals surface area contributed by atoms with Crippen molar-refractivity contribution in [2.75, 3.05) is 33.0 Å². The first-order chi connectivity index (χ1) is 23.9. The van der Waals surface area contributed by atoms with E-state index in [-0.39, 0.29) is 32.3 Å². The lowest BCUT2D eigenvalue weighted by molar-refractivity contribution is -0.154. The summed E-state index contributed by atoms with van der Waals surface area (Å²) in [5, 5.41) is 0. The molecule has 0 aliphatic rings. The minimum Gasteiger partial charge on any atom is -0.457 e. The number of allylic oxidation sites excluding steroid dienone is 6. The Labute approximate surface area is 301 Å². The van der Waals surface area contributed by atoms with Crippen molar-refractivity contribution >= 4 is 13.8 Å². The summed E-state index contributed by atoms with van der Waals surface area (Å²) in [5.74, 6) is -0.347. The molecule has 8 nitrogen and oxygen atoms in total. The Morgan fingerprint density at radius 3 is 1.67 bits per heavy atom. The number of carbonyl (C=O) groups is 1. The fraction of sp³-hybridized carbons (Fsp3) is 0.825. The number of ether oxygens (including phenoxy) is 2. The third-order valence-electron chi connectivity index (χ3n) is 8.28. The van der Waals surface area contributed by atoms with Crippen LogP contribution in [0.15, 0.2) is 36.5 Å². The molecule has 0 radical (unpaired) electrons. The maximum atomic E-state index is 12.5. The van der Waals surface area contributed by atoms with E-state index in [0.717, 1.165) is 57.8 Å². The number of carbonyl (C=O) groups excluding carboxylic acids is 1. The van der Waals surface area contributed by atoms with Crippen LogP contribution >= 0.6 is 7.82 Å². The van der Waals surface area contributed by atoms with Gasteiger partial charge in [0, 0.05) is 19.6 Å². The van der Waals surface area contributed by atoms with Crippen LogP contribution in [-0.4, -0.2) is 49.9 Å². The fourth-order valence-electron chi connectivity index (χ4n) is 5.30. The second-order valence-electron chi connectivity index (χ2n) is 13.1. The van der Waals surface area contributed by atoms with Gasteiger partial charge in [-0.1, -0.05) is 140 Å². The van der Waals surface area contributed by atoms with Crippen molar-refractivity contribution in [2.24, 2.45) is 5.73 Å². The van der Waals surface area contributed by atoms with Crippen LogP contribution in [0.1, 0.15) is 174 Å². The molecule has 0 rings (SSSR count). The van der Waals surface area contributed by atoms with Crippen LogP contribution in [0.3, 0.4) is 0 Å². The molecule has 9 heteroatoms. The lowest BCUT2D eigenvalue weighted by Crippen LogP contribution is -2.28. The maximum Gasteiger partial charge on any atom is 0.472 e. The Kier molecular flexibility index (Phi) is 37.0. The monoisotopic (exact) mass is 714 g/mol. The molecule has 0 saturated carbocycles. The van der Waals surface area contributed by atoms with Gasteiger partial charge in [0.25, 0.3) is 0 Å². The largest absolute Gasteiger partial charge is 0.472 e. The van der Waals surface area contributed by atoms with Gasteiger partial charge >= 0.3 is 13.8 Å². The second kappa shape index (κ2) is 38.0. The average molecular weight is 714 g/mol. The molecule has 0 aromatic rings. The lowest BCUT2D eigenvalue weighted by Gasteiger charge is -2.20. The van der Waals surface area contributed by atoms with Gasteiger partial charge in [0.05, 0.1) is 19.8 Å². The van der Waals surface area contributed by atoms with Crippen LogP contribution in [-0.2, 0) is 27.9 Å². The predicted octanol–water partition coefficient (Wildman–Crippen LogP) is 11.5. The highest BCUT2D eigenvalue weighted by Gasteiger charge is 2.25. The Morgan fingerprint density at radius 2 is 1.10 bits per heavy atom. The normalized spacial score (nSPS) is 14.0. The van der Waals surface area contributed by atoms with Gasteiger partial charge in [0.1, 0.15) is 6.10 Å². The molecule has 2 unspecified atom stereocenters. The number of hydrogen-bond acceptors (Lipinski definition) is 7. The molecule has 0 saturated heterocycles. The van der Waals surface area contributed by atoms with Crippen molar-refractivity contribution in [3.8, 4) is 0 Å². The van der Waals surface area contributed by atoms with Gasteiger partial charge < -0.3 is 20.1 Å². The van der Waals surface area contributed by atoms with Crippen molar-refractivity contribution in [3.05, 3.63) is 36.5 Å². The number of esters is 1. The molecule has 0 spiro atoms. The van der Waals surface area contributed by atoms with E-state index in [1.54, 1.807) is 0 Å². The van der Waals surface area contributed by atoms with Crippen LogP contribution in [0.5, 0.6) is 0 Å². The van der Waals surface area contributed by atoms with Crippen molar-refractivity contribution in [1.82, 2.24) is 0 Å². The zero-order valence-corrected chi connectivity index (χ0v) is 32.6. The summed E-state index contributed by atoms with van der Waals surface area (Å²) in [7, 11) is -4.28. The summed E-state index contributed by atoms with van der Waals surface area (Å²) in [5.41, 5.74) is 5.35. The van der Waals surface area contributed by atoms with Crippen molar-refractivity contribution in [3.63, 3.8) is 0 Å². The van der Waals surface area contributed by atoms with Gasteiger partial charge in [-0.2, -0.15) is 0 Å². The number of hydrogen-bond donors (Lipinski definition) is 2. The molecule has 0 aliphatic heterocycles. The zero-order chi connectivity index (χ0) is 35.9. The van der Waals surface area contributed by atoms with Crippen LogP contribution in [0.4, 0.5) is 0 Å². The summed E-state index contributed by atoms with van der Waals surface area (Å²) in [4.78, 5) is 22.4. The Morgan fingerprint density at radius 1 is 0.612 bits per heavy atom. The molecule has 0 aromatic carbocycles. The van der Waals surface area contributed by atoms with Gasteiger partial charge in [-0.3, -0.25) is 13.8 Å². The lowest BCUT2D eigenvalue weighted by atomic mass is 10.1. The number of nitrogens with two attached hydrogens (primary N) is 1. The fourth-order valence-corrected chi connectivity index (χ4v) is 6.07. The highest BCUT2D eigenvalue weighted by atomic mass is 31.2. The summed E-state index contributed by atoms with van der Waals surface area (Å²) in [6.45, 7) is 4.84. The standard InChI is InChI=1S/C40H76NO7P/c1-3-5-7-9-11-13-15-17-19-20-22-24-26-28-30-32-35-45-37-39(38-47-49(43,44)46-36-34-41)48-40(42)33-31-29-27-25-23-21-18-16-14-12-10-8-6-4-2/h10,12,16-19,39H,3-9,11,13-15,20-38,41H2,1-2H3,(H,43,44)/b12-10-,18-16-,19-17-. The van der Waals surface area contributed by atoms with Crippen molar-refractivity contribution in [2.45, 2.75) is 180 Å². The third kappa shape index (κ3) is 37.8. The summed E-state index contributed by atoms with van der Waals surface area (Å²) in [6, 6.07) is 0. The molecule has 0 aromatic heterocycles. The molecule has 0 bridgehead atoms.